The van der Waals surface area contributed by atoms with Crippen molar-refractivity contribution in [1.82, 2.24) is 5.32 Å². The Bertz CT molecular complexity index is 56.0. The maximum absolute atomic E-state index is 5.49. The molecule has 1 fully saturated rings. The summed E-state index contributed by atoms with van der Waals surface area (Å²) < 4.78 is 0. The van der Waals surface area contributed by atoms with Gasteiger partial charge >= 0.3 is 0 Å². The highest BCUT2D eigenvalue weighted by atomic mass is 15.0. The lowest BCUT2D eigenvalue weighted by Gasteiger charge is -2.04. The van der Waals surface area contributed by atoms with E-state index in [0.717, 1.165) is 13.1 Å². The minimum atomic E-state index is 0.181. The van der Waals surface area contributed by atoms with E-state index in [4.69, 9.17) is 11.5 Å². The zero-order valence-electron chi connectivity index (χ0n) is 4.22. The van der Waals surface area contributed by atoms with Gasteiger partial charge in [-0.3, -0.25) is 0 Å². The van der Waals surface area contributed by atoms with Gasteiger partial charge in [-0.1, -0.05) is 0 Å². The lowest BCUT2D eigenvalue weighted by molar-refractivity contribution is 0.642. The summed E-state index contributed by atoms with van der Waals surface area (Å²) in [5.41, 5.74) is 11.0. The second-order valence-corrected chi connectivity index (χ2v) is 1.99. The molecular formula is C4H11N3. The Morgan fingerprint density at radius 3 is 1.71 bits per heavy atom. The van der Waals surface area contributed by atoms with Crippen molar-refractivity contribution in [2.45, 2.75) is 12.1 Å². The number of nitrogens with two attached hydrogens (primary N) is 2. The van der Waals surface area contributed by atoms with Crippen LogP contribution in [0, 0.1) is 0 Å². The molecule has 1 saturated heterocycles. The van der Waals surface area contributed by atoms with Crippen molar-refractivity contribution >= 4 is 0 Å². The summed E-state index contributed by atoms with van der Waals surface area (Å²) in [7, 11) is 0. The van der Waals surface area contributed by atoms with E-state index in [9.17, 15) is 0 Å². The first kappa shape index (κ1) is 5.03. The fraction of sp³-hybridized carbons (Fsp3) is 1.00. The van der Waals surface area contributed by atoms with Crippen molar-refractivity contribution in [3.8, 4) is 0 Å². The van der Waals surface area contributed by atoms with E-state index >= 15 is 0 Å². The summed E-state index contributed by atoms with van der Waals surface area (Å²) in [5, 5.41) is 3.07. The predicted octanol–water partition coefficient (Wildman–Crippen LogP) is -1.76. The van der Waals surface area contributed by atoms with Gasteiger partial charge in [-0.05, 0) is 0 Å². The molecule has 0 aromatic carbocycles. The molecule has 0 spiro atoms. The third kappa shape index (κ3) is 0.907. The molecule has 0 radical (unpaired) electrons. The summed E-state index contributed by atoms with van der Waals surface area (Å²) in [6, 6.07) is 0.361. The second kappa shape index (κ2) is 1.78. The van der Waals surface area contributed by atoms with E-state index in [0.29, 0.717) is 0 Å². The SMILES string of the molecule is NC1CNCC1N. The molecule has 5 N–H and O–H groups in total. The van der Waals surface area contributed by atoms with Crippen LogP contribution in [0.1, 0.15) is 0 Å². The maximum atomic E-state index is 5.49. The molecule has 3 nitrogen and oxygen atoms in total. The van der Waals surface area contributed by atoms with E-state index in [-0.39, 0.29) is 12.1 Å². The molecule has 0 aromatic heterocycles. The fourth-order valence-corrected chi connectivity index (χ4v) is 0.719. The Morgan fingerprint density at radius 1 is 1.14 bits per heavy atom. The van der Waals surface area contributed by atoms with Gasteiger partial charge in [0.1, 0.15) is 0 Å². The summed E-state index contributed by atoms with van der Waals surface area (Å²) in [6.45, 7) is 1.75. The van der Waals surface area contributed by atoms with Crippen LogP contribution in [0.4, 0.5) is 0 Å². The second-order valence-electron chi connectivity index (χ2n) is 1.99. The van der Waals surface area contributed by atoms with Crippen LogP contribution in [-0.2, 0) is 0 Å². The average Bonchev–Trinajstić information content (AvgIpc) is 1.91. The molecular weight excluding hydrogens is 90.1 g/mol. The first-order valence-electron chi connectivity index (χ1n) is 2.52. The van der Waals surface area contributed by atoms with E-state index < -0.39 is 0 Å². The third-order valence-corrected chi connectivity index (χ3v) is 1.31. The highest BCUT2D eigenvalue weighted by molar-refractivity contribution is 4.86. The molecule has 1 rings (SSSR count). The van der Waals surface area contributed by atoms with Crippen molar-refractivity contribution in [2.75, 3.05) is 13.1 Å². The number of rotatable bonds is 0. The Hall–Kier alpha value is -0.120. The fourth-order valence-electron chi connectivity index (χ4n) is 0.719. The maximum Gasteiger partial charge on any atom is 0.0331 e. The molecule has 1 heterocycles. The summed E-state index contributed by atoms with van der Waals surface area (Å²) in [5.74, 6) is 0. The molecule has 7 heavy (non-hydrogen) atoms. The Morgan fingerprint density at radius 2 is 1.57 bits per heavy atom. The molecule has 0 aromatic rings. The van der Waals surface area contributed by atoms with Gasteiger partial charge in [0, 0.05) is 25.2 Å². The van der Waals surface area contributed by atoms with Gasteiger partial charge in [0.25, 0.3) is 0 Å². The van der Waals surface area contributed by atoms with Gasteiger partial charge in [-0.15, -0.1) is 0 Å². The van der Waals surface area contributed by atoms with Crippen LogP contribution in [0.2, 0.25) is 0 Å². The predicted molar refractivity (Wildman–Crippen MR) is 28.8 cm³/mol. The number of nitrogens with one attached hydrogen (secondary N) is 1. The highest BCUT2D eigenvalue weighted by Gasteiger charge is 2.17. The zero-order chi connectivity index (χ0) is 5.28. The van der Waals surface area contributed by atoms with Crippen molar-refractivity contribution < 1.29 is 0 Å². The van der Waals surface area contributed by atoms with E-state index in [1.165, 1.54) is 0 Å². The minimum Gasteiger partial charge on any atom is -0.325 e. The van der Waals surface area contributed by atoms with Crippen molar-refractivity contribution in [1.29, 1.82) is 0 Å². The first-order valence-corrected chi connectivity index (χ1v) is 2.52. The largest absolute Gasteiger partial charge is 0.325 e. The summed E-state index contributed by atoms with van der Waals surface area (Å²) in [4.78, 5) is 0. The molecule has 2 atom stereocenters. The Labute approximate surface area is 43.1 Å². The molecule has 0 aliphatic carbocycles. The topological polar surface area (TPSA) is 64.1 Å². The first-order chi connectivity index (χ1) is 3.30. The molecule has 2 unspecified atom stereocenters. The Balaban J connectivity index is 2.33. The van der Waals surface area contributed by atoms with Gasteiger partial charge < -0.3 is 16.8 Å². The molecule has 1 aliphatic rings. The molecule has 1 aliphatic heterocycles. The van der Waals surface area contributed by atoms with Crippen LogP contribution in [0.3, 0.4) is 0 Å². The number of hydrogen-bond acceptors (Lipinski definition) is 3. The van der Waals surface area contributed by atoms with Gasteiger partial charge in [0.05, 0.1) is 0 Å². The quantitative estimate of drug-likeness (QED) is 0.339. The van der Waals surface area contributed by atoms with E-state index in [1.54, 1.807) is 0 Å². The highest BCUT2D eigenvalue weighted by Crippen LogP contribution is 1.90. The van der Waals surface area contributed by atoms with E-state index in [2.05, 4.69) is 5.32 Å². The molecule has 42 valence electrons. The van der Waals surface area contributed by atoms with Gasteiger partial charge in [0.2, 0.25) is 0 Å². The van der Waals surface area contributed by atoms with Crippen molar-refractivity contribution in [2.24, 2.45) is 11.5 Å². The zero-order valence-corrected chi connectivity index (χ0v) is 4.22. The van der Waals surface area contributed by atoms with E-state index in [1.807, 2.05) is 0 Å². The number of hydrogen-bond donors (Lipinski definition) is 3. The average molecular weight is 101 g/mol. The standard InChI is InChI=1S/C4H11N3/c5-3-1-7-2-4(3)6/h3-4,7H,1-2,5-6H2. The van der Waals surface area contributed by atoms with Crippen LogP contribution in [0.15, 0.2) is 0 Å². The normalized spacial score (nSPS) is 42.0. The van der Waals surface area contributed by atoms with Crippen LogP contribution < -0.4 is 16.8 Å². The lowest BCUT2D eigenvalue weighted by atomic mass is 10.2. The van der Waals surface area contributed by atoms with Crippen LogP contribution >= 0.6 is 0 Å². The van der Waals surface area contributed by atoms with Crippen molar-refractivity contribution in [3.63, 3.8) is 0 Å². The van der Waals surface area contributed by atoms with Crippen molar-refractivity contribution in [3.05, 3.63) is 0 Å². The van der Waals surface area contributed by atoms with Gasteiger partial charge in [-0.25, -0.2) is 0 Å². The molecule has 0 amide bonds. The Kier molecular flexibility index (Phi) is 1.27. The lowest BCUT2D eigenvalue weighted by Crippen LogP contribution is -2.39. The minimum absolute atomic E-state index is 0.181. The molecule has 3 heteroatoms. The molecule has 0 bridgehead atoms. The van der Waals surface area contributed by atoms with Crippen LogP contribution in [0.25, 0.3) is 0 Å². The third-order valence-electron chi connectivity index (χ3n) is 1.31. The smallest absolute Gasteiger partial charge is 0.0331 e. The molecule has 0 saturated carbocycles. The van der Waals surface area contributed by atoms with Gasteiger partial charge in [0.15, 0.2) is 0 Å². The van der Waals surface area contributed by atoms with Gasteiger partial charge in [-0.2, -0.15) is 0 Å². The van der Waals surface area contributed by atoms with Crippen LogP contribution in [-0.4, -0.2) is 25.2 Å². The summed E-state index contributed by atoms with van der Waals surface area (Å²) in [6.07, 6.45) is 0. The summed E-state index contributed by atoms with van der Waals surface area (Å²) >= 11 is 0. The monoisotopic (exact) mass is 101 g/mol. The van der Waals surface area contributed by atoms with Crippen LogP contribution in [0.5, 0.6) is 0 Å².